The molecule has 0 aliphatic heterocycles. The summed E-state index contributed by atoms with van der Waals surface area (Å²) in [4.78, 5) is 25.7. The highest BCUT2D eigenvalue weighted by Crippen LogP contribution is 2.24. The Labute approximate surface area is 102 Å². The Hall–Kier alpha value is -2.50. The molecule has 0 atom stereocenters. The third-order valence-electron chi connectivity index (χ3n) is 2.49. The Bertz CT molecular complexity index is 676. The first kappa shape index (κ1) is 12.0. The number of benzene rings is 1. The molecule has 2 rings (SSSR count). The van der Waals surface area contributed by atoms with Crippen molar-refractivity contribution < 1.29 is 14.6 Å². The number of hydrogen-bond acceptors (Lipinski definition) is 5. The molecule has 0 radical (unpaired) electrons. The maximum Gasteiger partial charge on any atom is 0.342 e. The molecule has 0 aliphatic rings. The molecule has 1 aromatic heterocycles. The number of pyridine rings is 1. The van der Waals surface area contributed by atoms with Crippen LogP contribution >= 0.6 is 0 Å². The zero-order valence-corrected chi connectivity index (χ0v) is 9.69. The molecular weight excluding hydrogens is 236 g/mol. The number of nitrogens with two attached hydrogens (primary N) is 1. The molecule has 6 heteroatoms. The maximum absolute atomic E-state index is 11.8. The smallest absolute Gasteiger partial charge is 0.342 e. The zero-order chi connectivity index (χ0) is 13.3. The Morgan fingerprint density at radius 2 is 2.22 bits per heavy atom. The third-order valence-corrected chi connectivity index (χ3v) is 2.49. The minimum absolute atomic E-state index is 0.148. The van der Waals surface area contributed by atoms with Crippen LogP contribution in [0.3, 0.4) is 0 Å². The molecular formula is C12H12N2O4. The summed E-state index contributed by atoms with van der Waals surface area (Å²) < 4.78 is 4.82. The highest BCUT2D eigenvalue weighted by molar-refractivity contribution is 6.06. The summed E-state index contributed by atoms with van der Waals surface area (Å²) in [6, 6.07) is 4.65. The average molecular weight is 248 g/mol. The summed E-state index contributed by atoms with van der Waals surface area (Å²) in [5, 5.41) is 10.1. The van der Waals surface area contributed by atoms with Gasteiger partial charge in [0.15, 0.2) is 5.75 Å². The van der Waals surface area contributed by atoms with Crippen molar-refractivity contribution in [3.05, 3.63) is 34.1 Å². The van der Waals surface area contributed by atoms with Crippen molar-refractivity contribution in [2.45, 2.75) is 6.92 Å². The van der Waals surface area contributed by atoms with Crippen molar-refractivity contribution in [2.24, 2.45) is 0 Å². The van der Waals surface area contributed by atoms with Crippen LogP contribution < -0.4 is 11.3 Å². The molecule has 0 bridgehead atoms. The number of aromatic amines is 1. The lowest BCUT2D eigenvalue weighted by atomic mass is 10.1. The van der Waals surface area contributed by atoms with Gasteiger partial charge in [0.1, 0.15) is 5.56 Å². The van der Waals surface area contributed by atoms with Crippen LogP contribution in [0, 0.1) is 0 Å². The van der Waals surface area contributed by atoms with E-state index < -0.39 is 17.3 Å². The van der Waals surface area contributed by atoms with Gasteiger partial charge in [-0.05, 0) is 25.1 Å². The number of aromatic nitrogens is 1. The van der Waals surface area contributed by atoms with Gasteiger partial charge in [-0.3, -0.25) is 4.79 Å². The van der Waals surface area contributed by atoms with Crippen molar-refractivity contribution in [1.82, 2.24) is 4.98 Å². The van der Waals surface area contributed by atoms with Crippen molar-refractivity contribution >= 4 is 22.6 Å². The van der Waals surface area contributed by atoms with Crippen LogP contribution in [0.1, 0.15) is 17.3 Å². The minimum Gasteiger partial charge on any atom is -0.502 e. The normalized spacial score (nSPS) is 10.5. The van der Waals surface area contributed by atoms with Crippen molar-refractivity contribution in [1.29, 1.82) is 0 Å². The number of carbonyl (C=O) groups excluding carboxylic acids is 1. The van der Waals surface area contributed by atoms with Gasteiger partial charge in [-0.1, -0.05) is 0 Å². The third kappa shape index (κ3) is 1.88. The van der Waals surface area contributed by atoms with Crippen LogP contribution in [0.4, 0.5) is 5.69 Å². The maximum atomic E-state index is 11.8. The van der Waals surface area contributed by atoms with Crippen LogP contribution in [0.15, 0.2) is 23.0 Å². The molecule has 0 amide bonds. The van der Waals surface area contributed by atoms with Crippen molar-refractivity contribution in [3.63, 3.8) is 0 Å². The lowest BCUT2D eigenvalue weighted by Gasteiger charge is -2.08. The predicted octanol–water partition coefficient (Wildman–Crippen LogP) is 0.993. The van der Waals surface area contributed by atoms with Crippen LogP contribution in [-0.2, 0) is 4.74 Å². The number of fused-ring (bicyclic) bond motifs is 1. The molecule has 94 valence electrons. The fourth-order valence-electron chi connectivity index (χ4n) is 1.71. The Balaban J connectivity index is 2.82. The van der Waals surface area contributed by atoms with E-state index in [2.05, 4.69) is 4.98 Å². The fourth-order valence-corrected chi connectivity index (χ4v) is 1.71. The topological polar surface area (TPSA) is 105 Å². The van der Waals surface area contributed by atoms with E-state index in [1.54, 1.807) is 19.1 Å². The van der Waals surface area contributed by atoms with Gasteiger partial charge in [0.2, 0.25) is 0 Å². The number of aromatic hydroxyl groups is 1. The lowest BCUT2D eigenvalue weighted by molar-refractivity contribution is 0.0525. The molecule has 18 heavy (non-hydrogen) atoms. The van der Waals surface area contributed by atoms with E-state index in [1.165, 1.54) is 6.07 Å². The van der Waals surface area contributed by atoms with Crippen molar-refractivity contribution in [3.8, 4) is 5.75 Å². The summed E-state index contributed by atoms with van der Waals surface area (Å²) >= 11 is 0. The SMILES string of the molecule is CCOC(=O)c1c(O)c(=O)[nH]c2ccc(N)cc12. The number of H-pyrrole nitrogens is 1. The van der Waals surface area contributed by atoms with Gasteiger partial charge in [0.05, 0.1) is 6.61 Å². The summed E-state index contributed by atoms with van der Waals surface area (Å²) in [6.07, 6.45) is 0. The summed E-state index contributed by atoms with van der Waals surface area (Å²) in [6.45, 7) is 1.79. The molecule has 1 aromatic carbocycles. The molecule has 0 fully saturated rings. The average Bonchev–Trinajstić information content (AvgIpc) is 2.31. The van der Waals surface area contributed by atoms with Crippen LogP contribution in [-0.4, -0.2) is 22.7 Å². The quantitative estimate of drug-likeness (QED) is 0.543. The Kier molecular flexibility index (Phi) is 2.93. The second-order valence-corrected chi connectivity index (χ2v) is 3.70. The van der Waals surface area contributed by atoms with Gasteiger partial charge in [-0.2, -0.15) is 0 Å². The van der Waals surface area contributed by atoms with E-state index in [4.69, 9.17) is 10.5 Å². The van der Waals surface area contributed by atoms with Gasteiger partial charge in [-0.25, -0.2) is 4.79 Å². The number of ether oxygens (including phenoxy) is 1. The number of rotatable bonds is 2. The monoisotopic (exact) mass is 248 g/mol. The largest absolute Gasteiger partial charge is 0.502 e. The van der Waals surface area contributed by atoms with Gasteiger partial charge >= 0.3 is 5.97 Å². The van der Waals surface area contributed by atoms with E-state index in [9.17, 15) is 14.7 Å². The summed E-state index contributed by atoms with van der Waals surface area (Å²) in [5.74, 6) is -1.41. The highest BCUT2D eigenvalue weighted by atomic mass is 16.5. The van der Waals surface area contributed by atoms with Gasteiger partial charge < -0.3 is 20.6 Å². The fraction of sp³-hybridized carbons (Fsp3) is 0.167. The number of carbonyl (C=O) groups is 1. The molecule has 0 aliphatic carbocycles. The first-order chi connectivity index (χ1) is 8.54. The molecule has 4 N–H and O–H groups in total. The highest BCUT2D eigenvalue weighted by Gasteiger charge is 2.19. The van der Waals surface area contributed by atoms with Crippen LogP contribution in [0.25, 0.3) is 10.9 Å². The molecule has 0 saturated heterocycles. The molecule has 0 spiro atoms. The molecule has 0 unspecified atom stereocenters. The summed E-state index contributed by atoms with van der Waals surface area (Å²) in [7, 11) is 0. The van der Waals surface area contributed by atoms with E-state index in [-0.39, 0.29) is 12.2 Å². The van der Waals surface area contributed by atoms with Crippen LogP contribution in [0.5, 0.6) is 5.75 Å². The number of anilines is 1. The zero-order valence-electron chi connectivity index (χ0n) is 9.69. The number of nitrogen functional groups attached to an aromatic ring is 1. The van der Waals surface area contributed by atoms with E-state index in [0.717, 1.165) is 0 Å². The first-order valence-electron chi connectivity index (χ1n) is 5.36. The molecule has 2 aromatic rings. The number of esters is 1. The van der Waals surface area contributed by atoms with Gasteiger partial charge in [0.25, 0.3) is 5.56 Å². The Morgan fingerprint density at radius 3 is 2.89 bits per heavy atom. The standard InChI is InChI=1S/C12H12N2O4/c1-2-18-12(17)9-7-5-6(13)3-4-8(7)14-11(16)10(9)15/h3-5,15H,2,13H2,1H3,(H,14,16). The lowest BCUT2D eigenvalue weighted by Crippen LogP contribution is -2.14. The number of hydrogen-bond donors (Lipinski definition) is 3. The predicted molar refractivity (Wildman–Crippen MR) is 66.6 cm³/mol. The van der Waals surface area contributed by atoms with Gasteiger partial charge in [0, 0.05) is 16.6 Å². The molecule has 0 saturated carbocycles. The Morgan fingerprint density at radius 1 is 1.50 bits per heavy atom. The van der Waals surface area contributed by atoms with Crippen LogP contribution in [0.2, 0.25) is 0 Å². The second-order valence-electron chi connectivity index (χ2n) is 3.70. The van der Waals surface area contributed by atoms with Gasteiger partial charge in [-0.15, -0.1) is 0 Å². The second kappa shape index (κ2) is 4.40. The van der Waals surface area contributed by atoms with E-state index in [0.29, 0.717) is 16.6 Å². The molecule has 1 heterocycles. The number of nitrogens with one attached hydrogen (secondary N) is 1. The van der Waals surface area contributed by atoms with Crippen molar-refractivity contribution in [2.75, 3.05) is 12.3 Å². The van der Waals surface area contributed by atoms with E-state index in [1.807, 2.05) is 0 Å². The minimum atomic E-state index is -0.753. The summed E-state index contributed by atoms with van der Waals surface area (Å²) in [5.41, 5.74) is 5.55. The first-order valence-corrected chi connectivity index (χ1v) is 5.36. The van der Waals surface area contributed by atoms with E-state index >= 15 is 0 Å². The molecule has 6 nitrogen and oxygen atoms in total.